The van der Waals surface area contributed by atoms with Crippen LogP contribution in [-0.2, 0) is 17.9 Å². The van der Waals surface area contributed by atoms with Gasteiger partial charge in [0, 0.05) is 73.2 Å². The molecule has 1 amide bonds. The Labute approximate surface area is 328 Å². The molecule has 1 aliphatic heterocycles. The van der Waals surface area contributed by atoms with Crippen LogP contribution in [0.1, 0.15) is 54.7 Å². The average molecular weight is 786 g/mol. The average Bonchev–Trinajstić information content (AvgIpc) is 3.81. The molecule has 2 aromatic carbocycles. The van der Waals surface area contributed by atoms with Gasteiger partial charge in [0.1, 0.15) is 16.6 Å². The number of aromatic nitrogens is 3. The number of nitrogens with one attached hydrogen (secondary N) is 4. The van der Waals surface area contributed by atoms with E-state index < -0.39 is 0 Å². The molecule has 0 unspecified atom stereocenters. The van der Waals surface area contributed by atoms with Crippen molar-refractivity contribution >= 4 is 62.2 Å². The Hall–Kier alpha value is -4.35. The first-order chi connectivity index (χ1) is 26.3. The third-order valence-corrected chi connectivity index (χ3v) is 12.0. The number of rotatable bonds is 14. The number of carbonyl (C=O) groups excluding carboxylic acids is 1. The number of nitrogens with zero attached hydrogens (tertiary/aromatic N) is 4. The zero-order valence-electron chi connectivity index (χ0n) is 29.9. The van der Waals surface area contributed by atoms with Gasteiger partial charge < -0.3 is 31.1 Å². The van der Waals surface area contributed by atoms with E-state index in [1.54, 1.807) is 17.5 Å². The number of fused-ring (bicyclic) bond motifs is 1. The van der Waals surface area contributed by atoms with Crippen LogP contribution < -0.4 is 26.0 Å². The summed E-state index contributed by atoms with van der Waals surface area (Å²) in [7, 11) is 0. The van der Waals surface area contributed by atoms with Gasteiger partial charge in [0.05, 0.1) is 26.1 Å². The number of hydrogen-bond donors (Lipinski definition) is 5. The number of amides is 1. The first-order valence-corrected chi connectivity index (χ1v) is 19.8. The number of hydrogen-bond acceptors (Lipinski definition) is 11. The van der Waals surface area contributed by atoms with E-state index in [1.165, 1.54) is 0 Å². The van der Waals surface area contributed by atoms with E-state index in [9.17, 15) is 15.2 Å². The minimum absolute atomic E-state index is 0.0714. The maximum absolute atomic E-state index is 11.6. The molecule has 5 aromatic rings. The Kier molecular flexibility index (Phi) is 12.2. The number of pyridine rings is 2. The lowest BCUT2D eigenvalue weighted by molar-refractivity contribution is -0.119. The van der Waals surface area contributed by atoms with E-state index in [-0.39, 0.29) is 25.2 Å². The van der Waals surface area contributed by atoms with E-state index in [2.05, 4.69) is 26.3 Å². The van der Waals surface area contributed by atoms with Crippen molar-refractivity contribution in [2.75, 3.05) is 25.1 Å². The number of aliphatic hydroxyl groups is 1. The SMILES string of the molecule is Cc1cc(-c2cccc(-c3cccc(Nc4nccc5sc(CN[C@H]6CC[C@H](CO)CC6)nc45)c3Cl)c2Cl)nc(OCC#N)c1CNC[C@@H]1CCC(=O)N1. The maximum Gasteiger partial charge on any atom is 0.220 e. The molecule has 1 saturated heterocycles. The van der Waals surface area contributed by atoms with Crippen LogP contribution in [0.3, 0.4) is 0 Å². The fourth-order valence-corrected chi connectivity index (χ4v) is 8.71. The Bertz CT molecular complexity index is 2180. The summed E-state index contributed by atoms with van der Waals surface area (Å²) in [6.07, 6.45) is 7.33. The first kappa shape index (κ1) is 37.9. The molecule has 54 heavy (non-hydrogen) atoms. The summed E-state index contributed by atoms with van der Waals surface area (Å²) < 4.78 is 6.85. The van der Waals surface area contributed by atoms with Crippen molar-refractivity contribution in [3.63, 3.8) is 0 Å². The largest absolute Gasteiger partial charge is 0.462 e. The lowest BCUT2D eigenvalue weighted by atomic mass is 9.86. The second-order valence-electron chi connectivity index (χ2n) is 13.8. The number of carbonyl (C=O) groups is 1. The number of ether oxygens (including phenoxy) is 1. The lowest BCUT2D eigenvalue weighted by Gasteiger charge is -2.27. The molecule has 1 saturated carbocycles. The van der Waals surface area contributed by atoms with Crippen LogP contribution in [0.2, 0.25) is 10.0 Å². The zero-order valence-corrected chi connectivity index (χ0v) is 32.3. The van der Waals surface area contributed by atoms with E-state index >= 15 is 0 Å². The van der Waals surface area contributed by atoms with E-state index in [0.29, 0.717) is 76.7 Å². The van der Waals surface area contributed by atoms with Gasteiger partial charge in [-0.15, -0.1) is 11.3 Å². The smallest absolute Gasteiger partial charge is 0.220 e. The molecular formula is C40H42Cl2N8O3S. The molecule has 1 aliphatic carbocycles. The summed E-state index contributed by atoms with van der Waals surface area (Å²) in [6, 6.07) is 18.0. The molecule has 0 spiro atoms. The molecule has 2 fully saturated rings. The molecule has 1 atom stereocenters. The van der Waals surface area contributed by atoms with Crippen molar-refractivity contribution in [2.24, 2.45) is 5.92 Å². The van der Waals surface area contributed by atoms with Gasteiger partial charge in [-0.3, -0.25) is 4.79 Å². The fourth-order valence-electron chi connectivity index (χ4n) is 7.20. The van der Waals surface area contributed by atoms with Crippen molar-refractivity contribution < 1.29 is 14.6 Å². The summed E-state index contributed by atoms with van der Waals surface area (Å²) in [5.74, 6) is 1.46. The molecule has 280 valence electrons. The fraction of sp³-hybridized carbons (Fsp3) is 0.375. The summed E-state index contributed by atoms with van der Waals surface area (Å²) in [4.78, 5) is 26.0. The summed E-state index contributed by atoms with van der Waals surface area (Å²) in [5.41, 5.74) is 5.97. The minimum atomic E-state index is -0.153. The topological polar surface area (TPSA) is 157 Å². The van der Waals surface area contributed by atoms with Gasteiger partial charge in [-0.05, 0) is 68.7 Å². The quantitative estimate of drug-likeness (QED) is 0.0757. The molecule has 2 aliphatic rings. The summed E-state index contributed by atoms with van der Waals surface area (Å²) >= 11 is 15.9. The number of aryl methyl sites for hydroxylation is 1. The van der Waals surface area contributed by atoms with Gasteiger partial charge in [0.25, 0.3) is 0 Å². The Morgan fingerprint density at radius 3 is 2.56 bits per heavy atom. The highest BCUT2D eigenvalue weighted by atomic mass is 35.5. The Morgan fingerprint density at radius 1 is 1.02 bits per heavy atom. The van der Waals surface area contributed by atoms with E-state index in [0.717, 1.165) is 69.6 Å². The number of halogens is 2. The molecule has 0 bridgehead atoms. The van der Waals surface area contributed by atoms with E-state index in [4.69, 9.17) is 37.9 Å². The van der Waals surface area contributed by atoms with Gasteiger partial charge in [-0.25, -0.2) is 15.0 Å². The predicted molar refractivity (Wildman–Crippen MR) is 214 cm³/mol. The van der Waals surface area contributed by atoms with Crippen molar-refractivity contribution in [3.8, 4) is 34.3 Å². The van der Waals surface area contributed by atoms with Crippen LogP contribution in [0.5, 0.6) is 5.88 Å². The minimum Gasteiger partial charge on any atom is -0.462 e. The van der Waals surface area contributed by atoms with Gasteiger partial charge in [-0.1, -0.05) is 53.5 Å². The number of benzene rings is 2. The molecule has 5 N–H and O–H groups in total. The van der Waals surface area contributed by atoms with Crippen molar-refractivity contribution in [1.82, 2.24) is 30.9 Å². The Balaban J connectivity index is 1.11. The molecule has 3 aromatic heterocycles. The van der Waals surface area contributed by atoms with Gasteiger partial charge in [0.2, 0.25) is 11.8 Å². The van der Waals surface area contributed by atoms with Crippen LogP contribution in [0.25, 0.3) is 32.6 Å². The lowest BCUT2D eigenvalue weighted by Crippen LogP contribution is -2.35. The number of thiazole rings is 1. The highest BCUT2D eigenvalue weighted by molar-refractivity contribution is 7.18. The van der Waals surface area contributed by atoms with Gasteiger partial charge in [0.15, 0.2) is 12.4 Å². The Morgan fingerprint density at radius 2 is 1.80 bits per heavy atom. The molecule has 7 rings (SSSR count). The van der Waals surface area contributed by atoms with Crippen LogP contribution in [0.4, 0.5) is 11.5 Å². The van der Waals surface area contributed by atoms with Crippen LogP contribution in [0.15, 0.2) is 54.7 Å². The van der Waals surface area contributed by atoms with Crippen LogP contribution in [-0.4, -0.2) is 57.8 Å². The second-order valence-corrected chi connectivity index (χ2v) is 15.7. The number of anilines is 2. The normalized spacial score (nSPS) is 18.4. The second kappa shape index (κ2) is 17.4. The molecule has 11 nitrogen and oxygen atoms in total. The van der Waals surface area contributed by atoms with Crippen LogP contribution >= 0.6 is 34.5 Å². The van der Waals surface area contributed by atoms with Crippen molar-refractivity contribution in [3.05, 3.63) is 80.9 Å². The molecule has 14 heteroatoms. The highest BCUT2D eigenvalue weighted by Crippen LogP contribution is 2.43. The van der Waals surface area contributed by atoms with E-state index in [1.807, 2.05) is 61.5 Å². The van der Waals surface area contributed by atoms with Crippen molar-refractivity contribution in [2.45, 2.75) is 70.6 Å². The van der Waals surface area contributed by atoms with Gasteiger partial charge in [-0.2, -0.15) is 5.26 Å². The first-order valence-electron chi connectivity index (χ1n) is 18.2. The van der Waals surface area contributed by atoms with Crippen molar-refractivity contribution in [1.29, 1.82) is 5.26 Å². The summed E-state index contributed by atoms with van der Waals surface area (Å²) in [6.45, 7) is 3.86. The zero-order chi connectivity index (χ0) is 37.6. The molecule has 4 heterocycles. The monoisotopic (exact) mass is 784 g/mol. The summed E-state index contributed by atoms with van der Waals surface area (Å²) in [5, 5.41) is 34.2. The highest BCUT2D eigenvalue weighted by Gasteiger charge is 2.23. The number of aliphatic hydroxyl groups excluding tert-OH is 1. The van der Waals surface area contributed by atoms with Gasteiger partial charge >= 0.3 is 0 Å². The predicted octanol–water partition coefficient (Wildman–Crippen LogP) is 7.69. The molecule has 0 radical (unpaired) electrons. The third-order valence-electron chi connectivity index (χ3n) is 10.2. The standard InChI is InChI=1S/C40H42Cl2N8O3S/c1-23-18-32(49-40(53-17-15-43)30(23)20-44-19-26-12-13-34(52)47-26)29-6-2-4-27(36(29)41)28-5-3-7-31(37(28)42)48-39-38-33(14-16-45-39)54-35(50-38)21-46-25-10-8-24(22-51)9-11-25/h2-7,14,16,18,24-26,44,46,51H,8-13,17,19-22H2,1H3,(H,45,48)(H,47,52)/t24-,25-,26-/m0/s1. The third kappa shape index (κ3) is 8.62. The maximum atomic E-state index is 11.6. The molecular weight excluding hydrogens is 743 g/mol. The van der Waals surface area contributed by atoms with Crippen LogP contribution in [0, 0.1) is 24.2 Å². The number of nitriles is 1.